The molecule has 0 saturated heterocycles. The predicted molar refractivity (Wildman–Crippen MR) is 143 cm³/mol. The Balaban J connectivity index is 2.02. The van der Waals surface area contributed by atoms with Crippen molar-refractivity contribution in [3.8, 4) is 5.75 Å². The van der Waals surface area contributed by atoms with Crippen molar-refractivity contribution < 1.29 is 14.7 Å². The summed E-state index contributed by atoms with van der Waals surface area (Å²) in [5, 5.41) is 12.5. The van der Waals surface area contributed by atoms with Gasteiger partial charge in [-0.2, -0.15) is 0 Å². The van der Waals surface area contributed by atoms with E-state index in [1.54, 1.807) is 6.07 Å². The molecule has 0 spiro atoms. The largest absolute Gasteiger partial charge is 0.506 e. The van der Waals surface area contributed by atoms with Crippen LogP contribution in [0, 0.1) is 12.3 Å². The first-order valence-corrected chi connectivity index (χ1v) is 12.4. The van der Waals surface area contributed by atoms with Crippen LogP contribution in [0.2, 0.25) is 0 Å². The molecule has 0 atom stereocenters. The van der Waals surface area contributed by atoms with Crippen molar-refractivity contribution in [2.75, 3.05) is 44.6 Å². The monoisotopic (exact) mass is 482 g/mol. The topological polar surface area (TPSA) is 98.9 Å². The summed E-state index contributed by atoms with van der Waals surface area (Å²) in [6.45, 7) is 13.8. The van der Waals surface area contributed by atoms with E-state index in [2.05, 4.69) is 67.1 Å². The summed E-state index contributed by atoms with van der Waals surface area (Å²) in [5.74, 6) is -0.213. The minimum Gasteiger partial charge on any atom is -0.506 e. The molecule has 0 heterocycles. The maximum absolute atomic E-state index is 11.4. The number of amides is 2. The van der Waals surface area contributed by atoms with Crippen LogP contribution in [0.3, 0.4) is 0 Å². The lowest BCUT2D eigenvalue weighted by Gasteiger charge is -2.32. The van der Waals surface area contributed by atoms with Crippen LogP contribution in [0.5, 0.6) is 5.75 Å². The maximum Gasteiger partial charge on any atom is 0.218 e. The molecule has 0 fully saturated rings. The number of nitrogens with two attached hydrogens (primary N) is 1. The molecule has 192 valence electrons. The fourth-order valence-corrected chi connectivity index (χ4v) is 4.19. The molecule has 2 aromatic carbocycles. The first-order chi connectivity index (χ1) is 16.6. The number of aromatic hydroxyl groups is 1. The normalized spacial score (nSPS) is 11.7. The molecule has 7 nitrogen and oxygen atoms in total. The van der Waals surface area contributed by atoms with Gasteiger partial charge in [0.1, 0.15) is 5.75 Å². The predicted octanol–water partition coefficient (Wildman–Crippen LogP) is 3.58. The molecular formula is C28H42N4O3. The number of aryl methyl sites for hydroxylation is 1. The van der Waals surface area contributed by atoms with Crippen molar-refractivity contribution in [3.05, 3.63) is 59.2 Å². The summed E-state index contributed by atoms with van der Waals surface area (Å²) in [5.41, 5.74) is 9.61. The number of phenols is 1. The van der Waals surface area contributed by atoms with Gasteiger partial charge >= 0.3 is 0 Å². The molecule has 0 radical (unpaired) electrons. The van der Waals surface area contributed by atoms with Gasteiger partial charge in [-0.25, -0.2) is 0 Å². The molecule has 7 heteroatoms. The molecular weight excluding hydrogens is 440 g/mol. The number of rotatable bonds is 15. The summed E-state index contributed by atoms with van der Waals surface area (Å²) in [6, 6.07) is 13.9. The van der Waals surface area contributed by atoms with Gasteiger partial charge < -0.3 is 26.0 Å². The lowest BCUT2D eigenvalue weighted by Crippen LogP contribution is -2.41. The van der Waals surface area contributed by atoms with Gasteiger partial charge in [0, 0.05) is 45.7 Å². The highest BCUT2D eigenvalue weighted by Gasteiger charge is 2.18. The molecule has 4 N–H and O–H groups in total. The van der Waals surface area contributed by atoms with Crippen LogP contribution in [-0.2, 0) is 22.4 Å². The quantitative estimate of drug-likeness (QED) is 0.266. The second-order valence-corrected chi connectivity index (χ2v) is 10.5. The number of hydrogen-bond acceptors (Lipinski definition) is 5. The van der Waals surface area contributed by atoms with E-state index in [4.69, 9.17) is 5.73 Å². The Bertz CT molecular complexity index is 955. The molecule has 2 amide bonds. The smallest absolute Gasteiger partial charge is 0.218 e. The number of carbonyl (C=O) groups excluding carboxylic acids is 2. The van der Waals surface area contributed by atoms with Crippen molar-refractivity contribution in [2.45, 2.75) is 47.0 Å². The molecule has 0 unspecified atom stereocenters. The SMILES string of the molecule is Cc1cccc(CCN(CCC(N)=O)CCN(CCc2ccc(O)c(NC=O)c2)CC(C)(C)C)c1. The standard InChI is InChI=1S/C28H42N4O3/c1-22-6-5-7-23(18-22)10-13-31(15-12-27(29)35)16-17-32(20-28(2,3)4)14-11-24-8-9-26(34)25(19-24)30-21-33/h5-9,18-19,21,34H,10-17,20H2,1-4H3,(H2,29,35)(H,30,33). The molecule has 0 aliphatic rings. The zero-order valence-electron chi connectivity index (χ0n) is 21.7. The number of carbonyl (C=O) groups is 2. The van der Waals surface area contributed by atoms with Crippen molar-refractivity contribution in [1.29, 1.82) is 0 Å². The summed E-state index contributed by atoms with van der Waals surface area (Å²) >= 11 is 0. The molecule has 2 aromatic rings. The van der Waals surface area contributed by atoms with Gasteiger partial charge in [0.05, 0.1) is 5.69 Å². The molecule has 0 aliphatic heterocycles. The minimum atomic E-state index is -0.274. The molecule has 0 bridgehead atoms. The average Bonchev–Trinajstić information content (AvgIpc) is 2.77. The summed E-state index contributed by atoms with van der Waals surface area (Å²) in [6.07, 6.45) is 2.66. The Morgan fingerprint density at radius 3 is 2.26 bits per heavy atom. The molecule has 0 aliphatic carbocycles. The van der Waals surface area contributed by atoms with Crippen LogP contribution >= 0.6 is 0 Å². The molecule has 0 saturated carbocycles. The third-order valence-corrected chi connectivity index (χ3v) is 5.90. The number of nitrogens with one attached hydrogen (secondary N) is 1. The lowest BCUT2D eigenvalue weighted by molar-refractivity contribution is -0.118. The Hall–Kier alpha value is -2.90. The summed E-state index contributed by atoms with van der Waals surface area (Å²) in [4.78, 5) is 27.0. The molecule has 0 aromatic heterocycles. The van der Waals surface area contributed by atoms with Crippen molar-refractivity contribution in [1.82, 2.24) is 9.80 Å². The van der Waals surface area contributed by atoms with Gasteiger partial charge in [-0.15, -0.1) is 0 Å². The summed E-state index contributed by atoms with van der Waals surface area (Å²) < 4.78 is 0. The van der Waals surface area contributed by atoms with E-state index < -0.39 is 0 Å². The Morgan fingerprint density at radius 2 is 1.63 bits per heavy atom. The third kappa shape index (κ3) is 11.4. The first kappa shape index (κ1) is 28.3. The highest BCUT2D eigenvalue weighted by atomic mass is 16.3. The maximum atomic E-state index is 11.4. The van der Waals surface area contributed by atoms with Gasteiger partial charge in [-0.05, 0) is 48.4 Å². The lowest BCUT2D eigenvalue weighted by atomic mass is 9.95. The fourth-order valence-electron chi connectivity index (χ4n) is 4.19. The van der Waals surface area contributed by atoms with E-state index in [0.29, 0.717) is 25.1 Å². The van der Waals surface area contributed by atoms with Crippen LogP contribution in [0.4, 0.5) is 5.69 Å². The second-order valence-electron chi connectivity index (χ2n) is 10.5. The van der Waals surface area contributed by atoms with Gasteiger partial charge in [0.25, 0.3) is 0 Å². The number of nitrogens with zero attached hydrogens (tertiary/aromatic N) is 2. The van der Waals surface area contributed by atoms with Crippen LogP contribution in [-0.4, -0.2) is 66.5 Å². The minimum absolute atomic E-state index is 0.0612. The Morgan fingerprint density at radius 1 is 0.971 bits per heavy atom. The number of benzene rings is 2. The van der Waals surface area contributed by atoms with Crippen LogP contribution in [0.25, 0.3) is 0 Å². The second kappa shape index (κ2) is 13.9. The fraction of sp³-hybridized carbons (Fsp3) is 0.500. The highest BCUT2D eigenvalue weighted by molar-refractivity contribution is 5.75. The van der Waals surface area contributed by atoms with E-state index in [0.717, 1.165) is 51.1 Å². The van der Waals surface area contributed by atoms with Gasteiger partial charge in [-0.3, -0.25) is 9.59 Å². The van der Waals surface area contributed by atoms with E-state index in [-0.39, 0.29) is 17.1 Å². The first-order valence-electron chi connectivity index (χ1n) is 12.4. The van der Waals surface area contributed by atoms with Crippen molar-refractivity contribution >= 4 is 18.0 Å². The van der Waals surface area contributed by atoms with E-state index in [9.17, 15) is 14.7 Å². The van der Waals surface area contributed by atoms with Crippen molar-refractivity contribution in [3.63, 3.8) is 0 Å². The number of hydrogen-bond donors (Lipinski definition) is 3. The van der Waals surface area contributed by atoms with Crippen LogP contribution < -0.4 is 11.1 Å². The van der Waals surface area contributed by atoms with Gasteiger partial charge in [0.15, 0.2) is 0 Å². The number of phenolic OH excluding ortho intramolecular Hbond substituents is 1. The third-order valence-electron chi connectivity index (χ3n) is 5.90. The molecule has 35 heavy (non-hydrogen) atoms. The zero-order chi connectivity index (χ0) is 25.8. The zero-order valence-corrected chi connectivity index (χ0v) is 21.7. The Labute approximate surface area is 210 Å². The number of anilines is 1. The van der Waals surface area contributed by atoms with E-state index in [1.165, 1.54) is 11.1 Å². The summed E-state index contributed by atoms with van der Waals surface area (Å²) in [7, 11) is 0. The average molecular weight is 483 g/mol. The van der Waals surface area contributed by atoms with E-state index >= 15 is 0 Å². The van der Waals surface area contributed by atoms with Crippen LogP contribution in [0.15, 0.2) is 42.5 Å². The van der Waals surface area contributed by atoms with Crippen LogP contribution in [0.1, 0.15) is 43.9 Å². The van der Waals surface area contributed by atoms with Crippen molar-refractivity contribution in [2.24, 2.45) is 11.1 Å². The Kier molecular flexibility index (Phi) is 11.2. The highest BCUT2D eigenvalue weighted by Crippen LogP contribution is 2.24. The van der Waals surface area contributed by atoms with Gasteiger partial charge in [-0.1, -0.05) is 56.7 Å². The van der Waals surface area contributed by atoms with E-state index in [1.807, 2.05) is 12.1 Å². The van der Waals surface area contributed by atoms with Gasteiger partial charge in [0.2, 0.25) is 12.3 Å². The molecule has 2 rings (SSSR count). The number of primary amides is 1.